The van der Waals surface area contributed by atoms with Crippen LogP contribution < -0.4 is 5.73 Å². The second-order valence-corrected chi connectivity index (χ2v) is 3.62. The number of aromatic nitrogens is 2. The predicted octanol–water partition coefficient (Wildman–Crippen LogP) is 0.983. The molecular formula is C9H15N3O. The van der Waals surface area contributed by atoms with Gasteiger partial charge in [0, 0.05) is 18.7 Å². The topological polar surface area (TPSA) is 61.0 Å². The number of anilines is 1. The van der Waals surface area contributed by atoms with Gasteiger partial charge in [-0.2, -0.15) is 0 Å². The van der Waals surface area contributed by atoms with Crippen LogP contribution in [0.5, 0.6) is 0 Å². The van der Waals surface area contributed by atoms with Gasteiger partial charge in [-0.05, 0) is 6.07 Å². The van der Waals surface area contributed by atoms with Crippen LogP contribution in [0.15, 0.2) is 12.3 Å². The first-order valence-corrected chi connectivity index (χ1v) is 4.14. The maximum Gasteiger partial charge on any atom is 0.138 e. The van der Waals surface area contributed by atoms with Gasteiger partial charge in [-0.1, -0.05) is 13.8 Å². The van der Waals surface area contributed by atoms with E-state index in [1.165, 1.54) is 0 Å². The number of methoxy groups -OCH3 is 1. The van der Waals surface area contributed by atoms with Gasteiger partial charge < -0.3 is 10.5 Å². The van der Waals surface area contributed by atoms with Crippen LogP contribution in [0, 0.1) is 0 Å². The van der Waals surface area contributed by atoms with Crippen molar-refractivity contribution in [2.75, 3.05) is 19.5 Å². The van der Waals surface area contributed by atoms with Crippen molar-refractivity contribution < 1.29 is 4.74 Å². The molecule has 4 nitrogen and oxygen atoms in total. The van der Waals surface area contributed by atoms with E-state index in [4.69, 9.17) is 10.5 Å². The molecule has 1 heterocycles. The van der Waals surface area contributed by atoms with Crippen LogP contribution in [0.25, 0.3) is 0 Å². The molecule has 1 rings (SSSR count). The van der Waals surface area contributed by atoms with Crippen LogP contribution >= 0.6 is 0 Å². The maximum absolute atomic E-state index is 5.56. The fourth-order valence-corrected chi connectivity index (χ4v) is 1.12. The second kappa shape index (κ2) is 3.70. The van der Waals surface area contributed by atoms with E-state index in [-0.39, 0.29) is 5.41 Å². The zero-order chi connectivity index (χ0) is 9.90. The Hall–Kier alpha value is -1.16. The third-order valence-corrected chi connectivity index (χ3v) is 1.79. The molecule has 0 saturated heterocycles. The Balaban J connectivity index is 2.93. The quantitative estimate of drug-likeness (QED) is 0.755. The Labute approximate surface area is 78.1 Å². The number of hydrogen-bond donors (Lipinski definition) is 1. The molecule has 0 aliphatic rings. The molecule has 0 spiro atoms. The van der Waals surface area contributed by atoms with Gasteiger partial charge in [0.05, 0.1) is 6.61 Å². The third-order valence-electron chi connectivity index (χ3n) is 1.79. The molecule has 4 heteroatoms. The summed E-state index contributed by atoms with van der Waals surface area (Å²) in [6, 6.07) is 1.67. The summed E-state index contributed by atoms with van der Waals surface area (Å²) in [5.41, 5.74) is 5.37. The lowest BCUT2D eigenvalue weighted by atomic mass is 9.94. The van der Waals surface area contributed by atoms with Crippen molar-refractivity contribution in [3.63, 3.8) is 0 Å². The standard InChI is InChI=1S/C9H15N3O/c1-9(2,6-13-3)8-11-5-4-7(10)12-8/h4-5H,6H2,1-3H3,(H2,10,11,12). The average molecular weight is 181 g/mol. The second-order valence-electron chi connectivity index (χ2n) is 3.62. The molecule has 1 aromatic heterocycles. The van der Waals surface area contributed by atoms with Crippen LogP contribution in [-0.4, -0.2) is 23.7 Å². The summed E-state index contributed by atoms with van der Waals surface area (Å²) in [5.74, 6) is 1.21. The number of nitrogen functional groups attached to an aromatic ring is 1. The van der Waals surface area contributed by atoms with Crippen molar-refractivity contribution in [1.82, 2.24) is 9.97 Å². The zero-order valence-corrected chi connectivity index (χ0v) is 8.24. The Morgan fingerprint density at radius 3 is 2.77 bits per heavy atom. The number of rotatable bonds is 3. The summed E-state index contributed by atoms with van der Waals surface area (Å²) in [7, 11) is 1.66. The highest BCUT2D eigenvalue weighted by atomic mass is 16.5. The van der Waals surface area contributed by atoms with Gasteiger partial charge in [-0.25, -0.2) is 9.97 Å². The Morgan fingerprint density at radius 2 is 2.23 bits per heavy atom. The molecule has 0 amide bonds. The van der Waals surface area contributed by atoms with Crippen molar-refractivity contribution in [2.24, 2.45) is 0 Å². The van der Waals surface area contributed by atoms with Crippen LogP contribution in [0.1, 0.15) is 19.7 Å². The molecule has 0 saturated carbocycles. The summed E-state index contributed by atoms with van der Waals surface area (Å²) in [6.07, 6.45) is 1.66. The summed E-state index contributed by atoms with van der Waals surface area (Å²) in [4.78, 5) is 8.31. The van der Waals surface area contributed by atoms with Gasteiger partial charge in [0.1, 0.15) is 11.6 Å². The third kappa shape index (κ3) is 2.39. The molecule has 0 atom stereocenters. The number of nitrogens with two attached hydrogens (primary N) is 1. The van der Waals surface area contributed by atoms with E-state index in [9.17, 15) is 0 Å². The normalized spacial score (nSPS) is 11.6. The van der Waals surface area contributed by atoms with Gasteiger partial charge in [0.15, 0.2) is 0 Å². The molecule has 0 aromatic carbocycles. The molecule has 0 aliphatic carbocycles. The Morgan fingerprint density at radius 1 is 1.54 bits per heavy atom. The first-order chi connectivity index (χ1) is 6.06. The van der Waals surface area contributed by atoms with Crippen LogP contribution in [0.4, 0.5) is 5.82 Å². The first-order valence-electron chi connectivity index (χ1n) is 4.14. The van der Waals surface area contributed by atoms with E-state index in [1.807, 2.05) is 13.8 Å². The molecule has 0 aliphatic heterocycles. The SMILES string of the molecule is COCC(C)(C)c1nccc(N)n1. The van der Waals surface area contributed by atoms with Gasteiger partial charge in [0.25, 0.3) is 0 Å². The van der Waals surface area contributed by atoms with Crippen LogP contribution in [-0.2, 0) is 10.2 Å². The predicted molar refractivity (Wildman–Crippen MR) is 51.3 cm³/mol. The van der Waals surface area contributed by atoms with Crippen LogP contribution in [0.3, 0.4) is 0 Å². The number of hydrogen-bond acceptors (Lipinski definition) is 4. The summed E-state index contributed by atoms with van der Waals surface area (Å²) >= 11 is 0. The minimum atomic E-state index is -0.190. The van der Waals surface area contributed by atoms with Crippen molar-refractivity contribution in [3.05, 3.63) is 18.1 Å². The van der Waals surface area contributed by atoms with E-state index in [2.05, 4.69) is 9.97 Å². The highest BCUT2D eigenvalue weighted by molar-refractivity contribution is 5.26. The molecule has 13 heavy (non-hydrogen) atoms. The molecule has 0 bridgehead atoms. The average Bonchev–Trinajstić information content (AvgIpc) is 2.04. The largest absolute Gasteiger partial charge is 0.384 e. The van der Waals surface area contributed by atoms with Gasteiger partial charge in [-0.3, -0.25) is 0 Å². The van der Waals surface area contributed by atoms with E-state index in [0.717, 1.165) is 0 Å². The minimum absolute atomic E-state index is 0.190. The van der Waals surface area contributed by atoms with Crippen LogP contribution in [0.2, 0.25) is 0 Å². The molecule has 72 valence electrons. The van der Waals surface area contributed by atoms with Crippen molar-refractivity contribution >= 4 is 5.82 Å². The van der Waals surface area contributed by atoms with Gasteiger partial charge in [-0.15, -0.1) is 0 Å². The highest BCUT2D eigenvalue weighted by Crippen LogP contribution is 2.19. The van der Waals surface area contributed by atoms with E-state index >= 15 is 0 Å². The van der Waals surface area contributed by atoms with Crippen molar-refractivity contribution in [1.29, 1.82) is 0 Å². The highest BCUT2D eigenvalue weighted by Gasteiger charge is 2.23. The fourth-order valence-electron chi connectivity index (χ4n) is 1.12. The number of ether oxygens (including phenoxy) is 1. The van der Waals surface area contributed by atoms with E-state index < -0.39 is 0 Å². The number of nitrogens with zero attached hydrogens (tertiary/aromatic N) is 2. The molecule has 0 fully saturated rings. The summed E-state index contributed by atoms with van der Waals surface area (Å²) < 4.78 is 5.08. The van der Waals surface area contributed by atoms with Crippen molar-refractivity contribution in [2.45, 2.75) is 19.3 Å². The van der Waals surface area contributed by atoms with Gasteiger partial charge in [0.2, 0.25) is 0 Å². The summed E-state index contributed by atoms with van der Waals surface area (Å²) in [5, 5.41) is 0. The Kier molecular flexibility index (Phi) is 2.83. The lowest BCUT2D eigenvalue weighted by Gasteiger charge is -2.21. The molecule has 1 aromatic rings. The van der Waals surface area contributed by atoms with Crippen molar-refractivity contribution in [3.8, 4) is 0 Å². The summed E-state index contributed by atoms with van der Waals surface area (Å²) in [6.45, 7) is 4.62. The minimum Gasteiger partial charge on any atom is -0.384 e. The van der Waals surface area contributed by atoms with E-state index in [1.54, 1.807) is 19.4 Å². The molecule has 0 unspecified atom stereocenters. The maximum atomic E-state index is 5.56. The zero-order valence-electron chi connectivity index (χ0n) is 8.24. The van der Waals surface area contributed by atoms with E-state index in [0.29, 0.717) is 18.2 Å². The fraction of sp³-hybridized carbons (Fsp3) is 0.556. The monoisotopic (exact) mass is 181 g/mol. The lowest BCUT2D eigenvalue weighted by Crippen LogP contribution is -2.26. The smallest absolute Gasteiger partial charge is 0.138 e. The molecule has 2 N–H and O–H groups in total. The molecule has 0 radical (unpaired) electrons. The first kappa shape index (κ1) is 9.92. The Bertz CT molecular complexity index is 286. The van der Waals surface area contributed by atoms with Gasteiger partial charge >= 0.3 is 0 Å². The lowest BCUT2D eigenvalue weighted by molar-refractivity contribution is 0.142. The molecular weight excluding hydrogens is 166 g/mol.